The van der Waals surface area contributed by atoms with E-state index in [1.165, 1.54) is 28.6 Å². The van der Waals surface area contributed by atoms with E-state index in [0.29, 0.717) is 11.3 Å². The maximum Gasteiger partial charge on any atom is 0.338 e. The molecule has 0 N–H and O–H groups in total. The quantitative estimate of drug-likeness (QED) is 0.278. The number of nitrogens with zero attached hydrogens (tertiary/aromatic N) is 1. The van der Waals surface area contributed by atoms with Crippen molar-refractivity contribution >= 4 is 38.4 Å². The first-order valence-corrected chi connectivity index (χ1v) is 11.7. The van der Waals surface area contributed by atoms with E-state index >= 15 is 0 Å². The minimum absolute atomic E-state index is 0.0445. The van der Waals surface area contributed by atoms with Crippen LogP contribution < -0.4 is 4.31 Å². The zero-order valence-electron chi connectivity index (χ0n) is 17.8. The number of esters is 1. The van der Waals surface area contributed by atoms with E-state index in [0.717, 1.165) is 5.39 Å². The first-order chi connectivity index (χ1) is 15.9. The maximum absolute atomic E-state index is 13.0. The molecule has 8 heteroatoms. The first-order valence-electron chi connectivity index (χ1n) is 10.3. The summed E-state index contributed by atoms with van der Waals surface area (Å²) in [5, 5.41) is 0.778. The van der Waals surface area contributed by atoms with Crippen LogP contribution in [0.3, 0.4) is 0 Å². The Labute approximate surface area is 191 Å². The van der Waals surface area contributed by atoms with Crippen molar-refractivity contribution in [2.24, 2.45) is 0 Å². The van der Waals surface area contributed by atoms with Gasteiger partial charge in [0.05, 0.1) is 16.1 Å². The number of hydrogen-bond donors (Lipinski definition) is 0. The number of para-hydroxylation sites is 2. The van der Waals surface area contributed by atoms with Gasteiger partial charge in [0.25, 0.3) is 10.0 Å². The van der Waals surface area contributed by atoms with E-state index < -0.39 is 28.4 Å². The molecule has 0 amide bonds. The second-order valence-corrected chi connectivity index (χ2v) is 9.04. The predicted molar refractivity (Wildman–Crippen MR) is 124 cm³/mol. The number of fused-ring (bicyclic) bond motifs is 1. The van der Waals surface area contributed by atoms with E-state index in [1.807, 2.05) is 18.2 Å². The lowest BCUT2D eigenvalue weighted by Gasteiger charge is -2.22. The molecule has 0 aliphatic heterocycles. The van der Waals surface area contributed by atoms with Crippen LogP contribution in [0.1, 0.15) is 27.8 Å². The molecule has 0 radical (unpaired) electrons. The summed E-state index contributed by atoms with van der Waals surface area (Å²) in [7, 11) is -3.81. The van der Waals surface area contributed by atoms with Crippen molar-refractivity contribution in [3.05, 3.63) is 96.3 Å². The molecule has 0 spiro atoms. The third kappa shape index (κ3) is 4.65. The highest BCUT2D eigenvalue weighted by molar-refractivity contribution is 7.92. The molecule has 1 heterocycles. The number of benzene rings is 3. The summed E-state index contributed by atoms with van der Waals surface area (Å²) in [6.07, 6.45) is 0. The number of rotatable bonds is 8. The van der Waals surface area contributed by atoms with Crippen LogP contribution in [0.25, 0.3) is 11.0 Å². The molecular formula is C25H21NO6S. The normalized spacial score (nSPS) is 11.3. The number of ketones is 1. The van der Waals surface area contributed by atoms with Gasteiger partial charge in [-0.2, -0.15) is 0 Å². The van der Waals surface area contributed by atoms with Crippen LogP contribution in [0, 0.1) is 0 Å². The second-order valence-electron chi connectivity index (χ2n) is 7.18. The van der Waals surface area contributed by atoms with Gasteiger partial charge in [-0.05, 0) is 55.5 Å². The number of ether oxygens (including phenoxy) is 1. The lowest BCUT2D eigenvalue weighted by atomic mass is 10.2. The third-order valence-electron chi connectivity index (χ3n) is 5.04. The number of carbonyl (C=O) groups excluding carboxylic acids is 2. The zero-order valence-corrected chi connectivity index (χ0v) is 18.6. The Bertz CT molecular complexity index is 1360. The maximum atomic E-state index is 13.0. The SMILES string of the molecule is CCN(c1ccccc1)S(=O)(=O)c1ccc(C(=O)OCC(=O)c2cc3ccccc3o2)cc1. The number of anilines is 1. The van der Waals surface area contributed by atoms with Gasteiger partial charge in [-0.3, -0.25) is 9.10 Å². The van der Waals surface area contributed by atoms with E-state index in [9.17, 15) is 18.0 Å². The summed E-state index contributed by atoms with van der Waals surface area (Å²) >= 11 is 0. The van der Waals surface area contributed by atoms with Crippen LogP contribution in [0.5, 0.6) is 0 Å². The molecule has 0 aliphatic rings. The van der Waals surface area contributed by atoms with Crippen molar-refractivity contribution in [1.82, 2.24) is 0 Å². The molecule has 1 aromatic heterocycles. The lowest BCUT2D eigenvalue weighted by molar-refractivity contribution is 0.0468. The molecule has 4 rings (SSSR count). The van der Waals surface area contributed by atoms with Crippen molar-refractivity contribution < 1.29 is 27.2 Å². The largest absolute Gasteiger partial charge is 0.454 e. The topological polar surface area (TPSA) is 93.9 Å². The Morgan fingerprint density at radius 1 is 0.909 bits per heavy atom. The summed E-state index contributed by atoms with van der Waals surface area (Å²) in [5.74, 6) is -1.11. The Hall–Kier alpha value is -3.91. The minimum Gasteiger partial charge on any atom is -0.454 e. The summed E-state index contributed by atoms with van der Waals surface area (Å²) < 4.78 is 37.9. The van der Waals surface area contributed by atoms with E-state index in [1.54, 1.807) is 49.4 Å². The molecule has 0 aliphatic carbocycles. The molecule has 0 atom stereocenters. The van der Waals surface area contributed by atoms with E-state index in [2.05, 4.69) is 0 Å². The Morgan fingerprint density at radius 3 is 2.24 bits per heavy atom. The van der Waals surface area contributed by atoms with Crippen molar-refractivity contribution in [3.8, 4) is 0 Å². The Kier molecular flexibility index (Phi) is 6.28. The average Bonchev–Trinajstić information content (AvgIpc) is 3.28. The van der Waals surface area contributed by atoms with Gasteiger partial charge in [-0.1, -0.05) is 36.4 Å². The zero-order chi connectivity index (χ0) is 23.4. The monoisotopic (exact) mass is 463 g/mol. The molecule has 7 nitrogen and oxygen atoms in total. The number of furan rings is 1. The average molecular weight is 464 g/mol. The van der Waals surface area contributed by atoms with Gasteiger partial charge in [0.15, 0.2) is 12.4 Å². The van der Waals surface area contributed by atoms with E-state index in [4.69, 9.17) is 9.15 Å². The van der Waals surface area contributed by atoms with Crippen molar-refractivity contribution in [2.75, 3.05) is 17.5 Å². The minimum atomic E-state index is -3.81. The summed E-state index contributed by atoms with van der Waals surface area (Å²) in [6, 6.07) is 23.0. The van der Waals surface area contributed by atoms with Crippen LogP contribution in [0.2, 0.25) is 0 Å². The van der Waals surface area contributed by atoms with Crippen LogP contribution in [-0.2, 0) is 14.8 Å². The number of Topliss-reactive ketones (excluding diaryl/α,β-unsaturated/α-hetero) is 1. The van der Waals surface area contributed by atoms with Crippen molar-refractivity contribution in [1.29, 1.82) is 0 Å². The van der Waals surface area contributed by atoms with Crippen LogP contribution in [0.15, 0.2) is 94.2 Å². The van der Waals surface area contributed by atoms with Crippen molar-refractivity contribution in [2.45, 2.75) is 11.8 Å². The molecule has 0 fully saturated rings. The standard InChI is InChI=1S/C25H21NO6S/c1-2-26(20-9-4-3-5-10-20)33(29,30)21-14-12-18(13-15-21)25(28)31-17-22(27)24-16-19-8-6-7-11-23(19)32-24/h3-16H,2,17H2,1H3. The second kappa shape index (κ2) is 9.30. The van der Waals surface area contributed by atoms with E-state index in [-0.39, 0.29) is 22.8 Å². The third-order valence-corrected chi connectivity index (χ3v) is 6.96. The predicted octanol–water partition coefficient (Wildman–Crippen LogP) is 4.69. The molecular weight excluding hydrogens is 442 g/mol. The number of carbonyl (C=O) groups is 2. The fraction of sp³-hybridized carbons (Fsp3) is 0.120. The van der Waals surface area contributed by atoms with Gasteiger partial charge in [0, 0.05) is 11.9 Å². The molecule has 0 saturated heterocycles. The van der Waals surface area contributed by atoms with Crippen LogP contribution in [0.4, 0.5) is 5.69 Å². The highest BCUT2D eigenvalue weighted by Gasteiger charge is 2.24. The van der Waals surface area contributed by atoms with Gasteiger partial charge in [-0.25, -0.2) is 13.2 Å². The number of sulfonamides is 1. The molecule has 0 bridgehead atoms. The van der Waals surface area contributed by atoms with Gasteiger partial charge in [-0.15, -0.1) is 0 Å². The smallest absolute Gasteiger partial charge is 0.338 e. The molecule has 0 saturated carbocycles. The highest BCUT2D eigenvalue weighted by Crippen LogP contribution is 2.24. The summed E-state index contributed by atoms with van der Waals surface area (Å²) in [6.45, 7) is 1.51. The highest BCUT2D eigenvalue weighted by atomic mass is 32.2. The van der Waals surface area contributed by atoms with Gasteiger partial charge in [0.1, 0.15) is 5.58 Å². The first kappa shape index (κ1) is 22.3. The van der Waals surface area contributed by atoms with Gasteiger partial charge in [0.2, 0.25) is 5.78 Å². The van der Waals surface area contributed by atoms with Crippen LogP contribution in [-0.4, -0.2) is 33.3 Å². The lowest BCUT2D eigenvalue weighted by Crippen LogP contribution is -2.30. The molecule has 168 valence electrons. The van der Waals surface area contributed by atoms with Gasteiger partial charge < -0.3 is 9.15 Å². The summed E-state index contributed by atoms with van der Waals surface area (Å²) in [4.78, 5) is 24.7. The molecule has 3 aromatic carbocycles. The fourth-order valence-electron chi connectivity index (χ4n) is 3.38. The summed E-state index contributed by atoms with van der Waals surface area (Å²) in [5.41, 5.74) is 1.25. The molecule has 4 aromatic rings. The molecule has 0 unspecified atom stereocenters. The fourth-order valence-corrected chi connectivity index (χ4v) is 4.85. The van der Waals surface area contributed by atoms with Crippen molar-refractivity contribution in [3.63, 3.8) is 0 Å². The van der Waals surface area contributed by atoms with Crippen LogP contribution >= 0.6 is 0 Å². The Morgan fingerprint density at radius 2 is 1.58 bits per heavy atom. The molecule has 33 heavy (non-hydrogen) atoms. The van der Waals surface area contributed by atoms with Gasteiger partial charge >= 0.3 is 5.97 Å². The Balaban J connectivity index is 1.44. The number of hydrogen-bond acceptors (Lipinski definition) is 6.